The van der Waals surface area contributed by atoms with E-state index in [2.05, 4.69) is 0 Å². The highest BCUT2D eigenvalue weighted by Crippen LogP contribution is 2.59. The first kappa shape index (κ1) is 27.7. The second-order valence-electron chi connectivity index (χ2n) is 11.4. The minimum Gasteiger partial charge on any atom is -0.508 e. The molecule has 3 aromatic carbocycles. The topological polar surface area (TPSA) is 104 Å². The Balaban J connectivity index is 1.35. The summed E-state index contributed by atoms with van der Waals surface area (Å²) >= 11 is 12.1. The third kappa shape index (κ3) is 4.18. The van der Waals surface area contributed by atoms with Crippen molar-refractivity contribution in [1.82, 2.24) is 0 Å². The quantitative estimate of drug-likeness (QED) is 0.295. The summed E-state index contributed by atoms with van der Waals surface area (Å²) in [5.41, 5.74) is 2.34. The number of phenolic OH excluding ortho intramolecular Hbond substituents is 1. The van der Waals surface area contributed by atoms with Crippen LogP contribution < -0.4 is 14.5 Å². The van der Waals surface area contributed by atoms with Gasteiger partial charge in [0.2, 0.25) is 23.6 Å². The van der Waals surface area contributed by atoms with Crippen molar-refractivity contribution in [2.24, 2.45) is 29.6 Å². The Morgan fingerprint density at radius 1 is 0.721 bits per heavy atom. The summed E-state index contributed by atoms with van der Waals surface area (Å²) in [6, 6.07) is 17.8. The van der Waals surface area contributed by atoms with Crippen molar-refractivity contribution >= 4 is 58.2 Å². The van der Waals surface area contributed by atoms with Crippen molar-refractivity contribution < 1.29 is 29.0 Å². The van der Waals surface area contributed by atoms with Gasteiger partial charge in [-0.2, -0.15) is 0 Å². The maximum absolute atomic E-state index is 14.2. The van der Waals surface area contributed by atoms with E-state index in [0.29, 0.717) is 39.2 Å². The molecule has 4 amide bonds. The van der Waals surface area contributed by atoms with E-state index >= 15 is 0 Å². The van der Waals surface area contributed by atoms with Crippen LogP contribution in [0.25, 0.3) is 0 Å². The first-order chi connectivity index (χ1) is 20.7. The third-order valence-corrected chi connectivity index (χ3v) is 9.87. The molecule has 0 bridgehead atoms. The summed E-state index contributed by atoms with van der Waals surface area (Å²) < 4.78 is 5.65. The SMILES string of the molecule is COc1cc(O)ccc1C1C2=CCC3C(=O)N(c4ccc(Cl)cc4)C(=O)C3C2CC2C(=O)N(c3ccc(Cl)cc3)C(=O)C21. The predicted molar refractivity (Wildman–Crippen MR) is 160 cm³/mol. The van der Waals surface area contributed by atoms with Gasteiger partial charge in [-0.15, -0.1) is 0 Å². The van der Waals surface area contributed by atoms with E-state index in [-0.39, 0.29) is 35.8 Å². The molecule has 2 aliphatic carbocycles. The Morgan fingerprint density at radius 3 is 1.86 bits per heavy atom. The zero-order valence-corrected chi connectivity index (χ0v) is 24.5. The molecule has 0 spiro atoms. The fraction of sp³-hybridized carbons (Fsp3) is 0.273. The lowest BCUT2D eigenvalue weighted by Crippen LogP contribution is -2.43. The monoisotopic (exact) mass is 616 g/mol. The number of rotatable bonds is 4. The van der Waals surface area contributed by atoms with Crippen LogP contribution in [0.2, 0.25) is 10.0 Å². The van der Waals surface area contributed by atoms with Crippen LogP contribution in [0.3, 0.4) is 0 Å². The average molecular weight is 617 g/mol. The third-order valence-electron chi connectivity index (χ3n) is 9.37. The Kier molecular flexibility index (Phi) is 6.59. The number of carbonyl (C=O) groups excluding carboxylic acids is 4. The van der Waals surface area contributed by atoms with Crippen molar-refractivity contribution in [3.8, 4) is 11.5 Å². The van der Waals surface area contributed by atoms with Gasteiger partial charge in [0, 0.05) is 27.6 Å². The largest absolute Gasteiger partial charge is 0.508 e. The van der Waals surface area contributed by atoms with Gasteiger partial charge in [-0.05, 0) is 73.4 Å². The average Bonchev–Trinajstić information content (AvgIpc) is 3.41. The molecule has 2 saturated heterocycles. The Bertz CT molecular complexity index is 1720. The van der Waals surface area contributed by atoms with E-state index in [1.165, 1.54) is 29.0 Å². The molecule has 3 fully saturated rings. The maximum atomic E-state index is 14.2. The number of amides is 4. The number of benzene rings is 3. The summed E-state index contributed by atoms with van der Waals surface area (Å²) in [6.45, 7) is 0. The van der Waals surface area contributed by atoms with Crippen molar-refractivity contribution in [2.45, 2.75) is 18.8 Å². The van der Waals surface area contributed by atoms with Crippen LogP contribution >= 0.6 is 23.2 Å². The predicted octanol–water partition coefficient (Wildman–Crippen LogP) is 5.75. The highest BCUT2D eigenvalue weighted by Gasteiger charge is 2.62. The number of fused-ring (bicyclic) bond motifs is 4. The number of anilines is 2. The lowest BCUT2D eigenvalue weighted by molar-refractivity contribution is -0.126. The number of imide groups is 2. The number of allylic oxidation sites excluding steroid dienone is 2. The van der Waals surface area contributed by atoms with Crippen molar-refractivity contribution in [3.05, 3.63) is 94.0 Å². The van der Waals surface area contributed by atoms with Gasteiger partial charge in [0.25, 0.3) is 0 Å². The van der Waals surface area contributed by atoms with E-state index in [9.17, 15) is 24.3 Å². The molecule has 1 N–H and O–H groups in total. The molecule has 10 heteroatoms. The molecular weight excluding hydrogens is 591 g/mol. The van der Waals surface area contributed by atoms with Gasteiger partial charge >= 0.3 is 0 Å². The van der Waals surface area contributed by atoms with Gasteiger partial charge in [-0.25, -0.2) is 0 Å². The zero-order chi connectivity index (χ0) is 30.2. The summed E-state index contributed by atoms with van der Waals surface area (Å²) in [5.74, 6) is -4.80. The fourth-order valence-electron chi connectivity index (χ4n) is 7.58. The van der Waals surface area contributed by atoms with Gasteiger partial charge in [0.15, 0.2) is 0 Å². The number of nitrogens with zero attached hydrogens (tertiary/aromatic N) is 2. The van der Waals surface area contributed by atoms with Crippen LogP contribution in [0, 0.1) is 29.6 Å². The number of halogens is 2. The normalized spacial score (nSPS) is 28.0. The van der Waals surface area contributed by atoms with Crippen LogP contribution in [0.5, 0.6) is 11.5 Å². The Morgan fingerprint density at radius 2 is 1.28 bits per heavy atom. The van der Waals surface area contributed by atoms with Crippen LogP contribution in [-0.4, -0.2) is 35.8 Å². The number of methoxy groups -OCH3 is 1. The second-order valence-corrected chi connectivity index (χ2v) is 12.3. The van der Waals surface area contributed by atoms with E-state index in [1.54, 1.807) is 54.6 Å². The zero-order valence-electron chi connectivity index (χ0n) is 22.9. The van der Waals surface area contributed by atoms with E-state index in [1.807, 2.05) is 6.08 Å². The van der Waals surface area contributed by atoms with E-state index in [4.69, 9.17) is 27.9 Å². The summed E-state index contributed by atoms with van der Waals surface area (Å²) in [6.07, 6.45) is 2.54. The van der Waals surface area contributed by atoms with Crippen LogP contribution in [0.4, 0.5) is 11.4 Å². The Hall–Kier alpha value is -4.14. The molecule has 3 aromatic rings. The minimum atomic E-state index is -0.764. The van der Waals surface area contributed by atoms with Gasteiger partial charge < -0.3 is 9.84 Å². The number of aromatic hydroxyl groups is 1. The lowest BCUT2D eigenvalue weighted by atomic mass is 9.57. The molecule has 0 aromatic heterocycles. The molecule has 2 heterocycles. The molecule has 6 atom stereocenters. The molecule has 218 valence electrons. The number of carbonyl (C=O) groups is 4. The van der Waals surface area contributed by atoms with Crippen molar-refractivity contribution in [2.75, 3.05) is 16.9 Å². The molecular formula is C33H26Cl2N2O6. The highest BCUT2D eigenvalue weighted by molar-refractivity contribution is 6.31. The standard InChI is InChI=1S/C33H26Cl2N2O6/c1-43-26-14-20(38)10-11-22(26)27-21-12-13-23-28(32(41)36(30(23)39)18-6-2-16(34)3-7-18)24(21)15-25-29(27)33(42)37(31(25)40)19-8-4-17(35)5-9-19/h2-12,14,23-25,27-29,38H,13,15H2,1H3. The number of ether oxygens (including phenoxy) is 1. The highest BCUT2D eigenvalue weighted by atomic mass is 35.5. The summed E-state index contributed by atoms with van der Waals surface area (Å²) in [7, 11) is 1.48. The summed E-state index contributed by atoms with van der Waals surface area (Å²) in [5, 5.41) is 11.2. The Labute approximate surface area is 257 Å². The number of phenols is 1. The lowest BCUT2D eigenvalue weighted by Gasteiger charge is -2.44. The van der Waals surface area contributed by atoms with Crippen LogP contribution in [0.1, 0.15) is 24.3 Å². The first-order valence-corrected chi connectivity index (χ1v) is 14.8. The molecule has 7 rings (SSSR count). The van der Waals surface area contributed by atoms with Gasteiger partial charge in [0.1, 0.15) is 11.5 Å². The van der Waals surface area contributed by atoms with Crippen LogP contribution in [-0.2, 0) is 19.2 Å². The number of hydrogen-bond acceptors (Lipinski definition) is 6. The molecule has 4 aliphatic rings. The van der Waals surface area contributed by atoms with Gasteiger partial charge in [0.05, 0.1) is 42.2 Å². The molecule has 8 nitrogen and oxygen atoms in total. The maximum Gasteiger partial charge on any atom is 0.238 e. The summed E-state index contributed by atoms with van der Waals surface area (Å²) in [4.78, 5) is 58.4. The minimum absolute atomic E-state index is 0.00557. The van der Waals surface area contributed by atoms with Crippen molar-refractivity contribution in [3.63, 3.8) is 0 Å². The molecule has 43 heavy (non-hydrogen) atoms. The van der Waals surface area contributed by atoms with E-state index < -0.39 is 35.5 Å². The number of hydrogen-bond donors (Lipinski definition) is 1. The molecule has 0 radical (unpaired) electrons. The van der Waals surface area contributed by atoms with Gasteiger partial charge in [-0.1, -0.05) is 40.9 Å². The van der Waals surface area contributed by atoms with Gasteiger partial charge in [-0.3, -0.25) is 29.0 Å². The van der Waals surface area contributed by atoms with Crippen molar-refractivity contribution in [1.29, 1.82) is 0 Å². The second kappa shape index (κ2) is 10.2. The molecule has 1 saturated carbocycles. The van der Waals surface area contributed by atoms with Crippen LogP contribution in [0.15, 0.2) is 78.4 Å². The molecule has 2 aliphatic heterocycles. The fourth-order valence-corrected chi connectivity index (χ4v) is 7.83. The first-order valence-electron chi connectivity index (χ1n) is 14.0. The van der Waals surface area contributed by atoms with E-state index in [0.717, 1.165) is 5.57 Å². The smallest absolute Gasteiger partial charge is 0.238 e. The molecule has 6 unspecified atom stereocenters.